The van der Waals surface area contributed by atoms with Gasteiger partial charge < -0.3 is 20.3 Å². The highest BCUT2D eigenvalue weighted by Crippen LogP contribution is 2.32. The number of anilines is 1. The van der Waals surface area contributed by atoms with E-state index in [1.54, 1.807) is 0 Å². The highest BCUT2D eigenvalue weighted by molar-refractivity contribution is 6.07. The quantitative estimate of drug-likeness (QED) is 0.388. The first-order chi connectivity index (χ1) is 18.8. The van der Waals surface area contributed by atoms with Crippen molar-refractivity contribution < 1.29 is 18.8 Å². The van der Waals surface area contributed by atoms with Crippen molar-refractivity contribution in [3.05, 3.63) is 89.0 Å². The molecule has 5 rings (SSSR count). The summed E-state index contributed by atoms with van der Waals surface area (Å²) in [4.78, 5) is 24.9. The van der Waals surface area contributed by atoms with Crippen LogP contribution in [0.4, 0.5) is 5.69 Å². The van der Waals surface area contributed by atoms with E-state index in [1.807, 2.05) is 42.5 Å². The first-order valence-electron chi connectivity index (χ1n) is 13.8. The van der Waals surface area contributed by atoms with Crippen molar-refractivity contribution in [3.8, 4) is 16.9 Å². The molecule has 0 spiro atoms. The minimum absolute atomic E-state index is 0.111. The molecule has 0 saturated heterocycles. The largest absolute Gasteiger partial charge is 0.493 e. The fourth-order valence-electron chi connectivity index (χ4n) is 5.64. The maximum Gasteiger partial charge on any atom is 0.251 e. The summed E-state index contributed by atoms with van der Waals surface area (Å²) >= 11 is 0. The van der Waals surface area contributed by atoms with Crippen molar-refractivity contribution in [2.45, 2.75) is 51.2 Å². The van der Waals surface area contributed by atoms with Gasteiger partial charge in [0.1, 0.15) is 18.1 Å². The number of fused-ring (bicyclic) bond motifs is 1. The number of quaternary nitrogens is 1. The number of ether oxygens (including phenoxy) is 1. The number of nitrogens with two attached hydrogens (primary N) is 1. The molecular weight excluding hydrogens is 486 g/mol. The van der Waals surface area contributed by atoms with Crippen molar-refractivity contribution in [3.63, 3.8) is 0 Å². The van der Waals surface area contributed by atoms with E-state index in [0.717, 1.165) is 57.6 Å². The van der Waals surface area contributed by atoms with Crippen molar-refractivity contribution in [2.24, 2.45) is 5.73 Å². The molecule has 3 N–H and O–H groups in total. The number of amides is 1. The van der Waals surface area contributed by atoms with Gasteiger partial charge in [-0.15, -0.1) is 0 Å². The van der Waals surface area contributed by atoms with E-state index < -0.39 is 0 Å². The van der Waals surface area contributed by atoms with Gasteiger partial charge in [-0.1, -0.05) is 42.5 Å². The Labute approximate surface area is 231 Å². The first kappa shape index (κ1) is 26.9. The Morgan fingerprint density at radius 3 is 2.28 bits per heavy atom. The number of nitrogens with one attached hydrogen (secondary N) is 1. The lowest BCUT2D eigenvalue weighted by Crippen LogP contribution is -2.49. The molecule has 2 aliphatic rings. The van der Waals surface area contributed by atoms with Gasteiger partial charge in [0, 0.05) is 61.0 Å². The SMILES string of the molecule is C[N+](C)(Cc1ccc(NC(=O)C2=Cc3cc(-c4ccc(CN)cc4)ccc3OCC2)cc1)C1CCC(=O)CC1. The van der Waals surface area contributed by atoms with E-state index in [-0.39, 0.29) is 5.91 Å². The molecule has 1 saturated carbocycles. The molecule has 1 aliphatic carbocycles. The fraction of sp³-hybridized carbons (Fsp3) is 0.333. The molecule has 6 heteroatoms. The molecule has 0 aromatic heterocycles. The number of carbonyl (C=O) groups is 2. The number of nitrogens with zero attached hydrogens (tertiary/aromatic N) is 1. The van der Waals surface area contributed by atoms with Crippen molar-refractivity contribution in [1.82, 2.24) is 0 Å². The Morgan fingerprint density at radius 2 is 1.59 bits per heavy atom. The van der Waals surface area contributed by atoms with Gasteiger partial charge >= 0.3 is 0 Å². The molecule has 1 amide bonds. The summed E-state index contributed by atoms with van der Waals surface area (Å²) in [5, 5.41) is 3.07. The van der Waals surface area contributed by atoms with E-state index in [1.165, 1.54) is 5.56 Å². The van der Waals surface area contributed by atoms with Gasteiger partial charge in [0.25, 0.3) is 5.91 Å². The smallest absolute Gasteiger partial charge is 0.251 e. The standard InChI is InChI=1S/C33H37N3O3/c1-36(2,30-12-14-31(37)15-13-30)22-24-5-10-29(11-6-24)35-33(38)27-17-18-39-32-16-9-26(19-28(32)20-27)25-7-3-23(21-34)4-8-25/h3-11,16,19-20,30H,12-15,17-18,21-22,34H2,1-2H3/p+1. The van der Waals surface area contributed by atoms with Crippen LogP contribution in [-0.4, -0.2) is 42.9 Å². The van der Waals surface area contributed by atoms with E-state index in [4.69, 9.17) is 10.5 Å². The number of rotatable bonds is 7. The molecule has 202 valence electrons. The van der Waals surface area contributed by atoms with Gasteiger partial charge in [0.15, 0.2) is 0 Å². The zero-order chi connectivity index (χ0) is 27.4. The number of hydrogen-bond donors (Lipinski definition) is 2. The van der Waals surface area contributed by atoms with Crippen LogP contribution < -0.4 is 15.8 Å². The van der Waals surface area contributed by atoms with Crippen LogP contribution in [0.1, 0.15) is 48.8 Å². The minimum atomic E-state index is -0.111. The zero-order valence-electron chi connectivity index (χ0n) is 22.9. The summed E-state index contributed by atoms with van der Waals surface area (Å²) in [6.45, 7) is 1.86. The minimum Gasteiger partial charge on any atom is -0.493 e. The summed E-state index contributed by atoms with van der Waals surface area (Å²) in [6, 6.07) is 22.9. The Bertz CT molecular complexity index is 1360. The predicted octanol–water partition coefficient (Wildman–Crippen LogP) is 5.71. The second kappa shape index (κ2) is 11.6. The van der Waals surface area contributed by atoms with E-state index in [9.17, 15) is 9.59 Å². The van der Waals surface area contributed by atoms with Gasteiger partial charge in [-0.25, -0.2) is 0 Å². The molecule has 0 unspecified atom stereocenters. The number of hydrogen-bond acceptors (Lipinski definition) is 4. The van der Waals surface area contributed by atoms with E-state index >= 15 is 0 Å². The molecule has 6 nitrogen and oxygen atoms in total. The summed E-state index contributed by atoms with van der Waals surface area (Å²) < 4.78 is 6.82. The summed E-state index contributed by atoms with van der Waals surface area (Å²) in [5.41, 5.74) is 12.6. The number of Topliss-reactive ketones (excluding diaryl/α,β-unsaturated/α-hetero) is 1. The predicted molar refractivity (Wildman–Crippen MR) is 156 cm³/mol. The van der Waals surface area contributed by atoms with Crippen LogP contribution >= 0.6 is 0 Å². The summed E-state index contributed by atoms with van der Waals surface area (Å²) in [7, 11) is 4.49. The zero-order valence-corrected chi connectivity index (χ0v) is 22.9. The second-order valence-corrected chi connectivity index (χ2v) is 11.3. The van der Waals surface area contributed by atoms with Gasteiger partial charge in [-0.3, -0.25) is 9.59 Å². The monoisotopic (exact) mass is 524 g/mol. The highest BCUT2D eigenvalue weighted by atomic mass is 16.5. The van der Waals surface area contributed by atoms with Crippen LogP contribution in [0.3, 0.4) is 0 Å². The molecule has 1 heterocycles. The molecule has 3 aromatic rings. The number of carbonyl (C=O) groups excluding carboxylic acids is 2. The summed E-state index contributed by atoms with van der Waals surface area (Å²) in [5.74, 6) is 1.07. The average Bonchev–Trinajstić information content (AvgIpc) is 3.16. The molecule has 0 atom stereocenters. The summed E-state index contributed by atoms with van der Waals surface area (Å²) in [6.07, 6.45) is 5.80. The van der Waals surface area contributed by atoms with E-state index in [2.05, 4.69) is 49.7 Å². The fourth-order valence-corrected chi connectivity index (χ4v) is 5.64. The van der Waals surface area contributed by atoms with Crippen LogP contribution in [0.15, 0.2) is 72.3 Å². The topological polar surface area (TPSA) is 81.4 Å². The third-order valence-electron chi connectivity index (χ3n) is 8.09. The maximum atomic E-state index is 13.2. The third-order valence-corrected chi connectivity index (χ3v) is 8.09. The maximum absolute atomic E-state index is 13.2. The Morgan fingerprint density at radius 1 is 0.923 bits per heavy atom. The normalized spacial score (nSPS) is 16.1. The molecule has 0 bridgehead atoms. The Hall–Kier alpha value is -3.74. The second-order valence-electron chi connectivity index (χ2n) is 11.3. The molecule has 3 aromatic carbocycles. The molecule has 1 aliphatic heterocycles. The average molecular weight is 525 g/mol. The highest BCUT2D eigenvalue weighted by Gasteiger charge is 2.32. The number of benzene rings is 3. The van der Waals surface area contributed by atoms with Crippen molar-refractivity contribution in [2.75, 3.05) is 26.0 Å². The molecule has 39 heavy (non-hydrogen) atoms. The van der Waals surface area contributed by atoms with Crippen molar-refractivity contribution in [1.29, 1.82) is 0 Å². The number of ketones is 1. The first-order valence-corrected chi connectivity index (χ1v) is 13.8. The van der Waals surface area contributed by atoms with Crippen LogP contribution in [0.5, 0.6) is 5.75 Å². The lowest BCUT2D eigenvalue weighted by atomic mass is 9.91. The lowest BCUT2D eigenvalue weighted by Gasteiger charge is -2.40. The lowest BCUT2D eigenvalue weighted by molar-refractivity contribution is -0.928. The van der Waals surface area contributed by atoms with Crippen LogP contribution in [-0.2, 0) is 22.7 Å². The van der Waals surface area contributed by atoms with Gasteiger partial charge in [0.2, 0.25) is 0 Å². The van der Waals surface area contributed by atoms with Gasteiger partial charge in [-0.2, -0.15) is 0 Å². The van der Waals surface area contributed by atoms with Crippen LogP contribution in [0.2, 0.25) is 0 Å². The molecular formula is C33H38N3O3+. The van der Waals surface area contributed by atoms with E-state index in [0.29, 0.717) is 49.8 Å². The molecule has 1 fully saturated rings. The Kier molecular flexibility index (Phi) is 7.96. The van der Waals surface area contributed by atoms with Crippen LogP contribution in [0, 0.1) is 0 Å². The van der Waals surface area contributed by atoms with Crippen molar-refractivity contribution >= 4 is 23.5 Å². The third kappa shape index (κ3) is 6.47. The van der Waals surface area contributed by atoms with Gasteiger partial charge in [-0.05, 0) is 47.0 Å². The molecule has 0 radical (unpaired) electrons. The Balaban J connectivity index is 1.26. The van der Waals surface area contributed by atoms with Gasteiger partial charge in [0.05, 0.1) is 26.7 Å². The van der Waals surface area contributed by atoms with Crippen LogP contribution in [0.25, 0.3) is 17.2 Å².